The van der Waals surface area contributed by atoms with E-state index in [1.54, 1.807) is 6.08 Å². The predicted molar refractivity (Wildman–Crippen MR) is 140 cm³/mol. The van der Waals surface area contributed by atoms with Gasteiger partial charge < -0.3 is 14.3 Å². The van der Waals surface area contributed by atoms with Crippen molar-refractivity contribution >= 4 is 45.0 Å². The molecule has 1 aliphatic heterocycles. The van der Waals surface area contributed by atoms with Crippen LogP contribution < -0.4 is 10.4 Å². The highest BCUT2D eigenvalue weighted by Crippen LogP contribution is 2.40. The van der Waals surface area contributed by atoms with Gasteiger partial charge in [0.25, 0.3) is 0 Å². The van der Waals surface area contributed by atoms with Crippen LogP contribution in [-0.4, -0.2) is 35.7 Å². The largest absolute Gasteiger partial charge is 0.370 e. The fourth-order valence-electron chi connectivity index (χ4n) is 4.99. The fraction of sp³-hybridized carbons (Fsp3) is 0.207. The molecule has 0 atom stereocenters. The molecular formula is C29H27N3O4. The molecule has 2 heterocycles. The second kappa shape index (κ2) is 9.00. The highest BCUT2D eigenvalue weighted by Gasteiger charge is 2.27. The Bertz CT molecular complexity index is 1600. The first-order valence-corrected chi connectivity index (χ1v) is 11.9. The summed E-state index contributed by atoms with van der Waals surface area (Å²) in [7, 11) is 1.92. The van der Waals surface area contributed by atoms with E-state index in [9.17, 15) is 14.4 Å². The minimum absolute atomic E-state index is 0.0339. The van der Waals surface area contributed by atoms with Gasteiger partial charge in [-0.25, -0.2) is 5.48 Å². The van der Waals surface area contributed by atoms with E-state index in [-0.39, 0.29) is 17.3 Å². The molecule has 0 saturated heterocycles. The van der Waals surface area contributed by atoms with Gasteiger partial charge >= 0.3 is 5.97 Å². The summed E-state index contributed by atoms with van der Waals surface area (Å²) in [6, 6.07) is 17.1. The number of nitrogens with zero attached hydrogens (tertiary/aromatic N) is 2. The number of benzene rings is 3. The zero-order chi connectivity index (χ0) is 25.6. The zero-order valence-electron chi connectivity index (χ0n) is 20.7. The number of ketones is 2. The summed E-state index contributed by atoms with van der Waals surface area (Å²) in [5.41, 5.74) is 8.19. The fourth-order valence-corrected chi connectivity index (χ4v) is 4.99. The maximum absolute atomic E-state index is 13.4. The van der Waals surface area contributed by atoms with Crippen molar-refractivity contribution in [2.75, 3.05) is 18.5 Å². The van der Waals surface area contributed by atoms with Crippen LogP contribution in [0.3, 0.4) is 0 Å². The average Bonchev–Trinajstić information content (AvgIpc) is 3.13. The molecule has 7 nitrogen and oxygen atoms in total. The summed E-state index contributed by atoms with van der Waals surface area (Å²) < 4.78 is 2.20. The molecule has 1 N–H and O–H groups in total. The van der Waals surface area contributed by atoms with Crippen LogP contribution in [0.1, 0.15) is 45.7 Å². The van der Waals surface area contributed by atoms with E-state index in [1.807, 2.05) is 73.5 Å². The van der Waals surface area contributed by atoms with Crippen LogP contribution in [0.4, 0.5) is 5.69 Å². The van der Waals surface area contributed by atoms with Gasteiger partial charge in [-0.15, -0.1) is 0 Å². The molecule has 4 aromatic rings. The van der Waals surface area contributed by atoms with Gasteiger partial charge in [0.05, 0.1) is 11.2 Å². The second-order valence-electron chi connectivity index (χ2n) is 9.00. The minimum atomic E-state index is -0.533. The highest BCUT2D eigenvalue weighted by atomic mass is 16.7. The number of allylic oxidation sites excluding steroid dienone is 1. The Morgan fingerprint density at radius 2 is 1.81 bits per heavy atom. The highest BCUT2D eigenvalue weighted by molar-refractivity contribution is 6.23. The number of hydroxylamine groups is 1. The van der Waals surface area contributed by atoms with Gasteiger partial charge in [-0.1, -0.05) is 24.3 Å². The molecule has 0 radical (unpaired) electrons. The maximum atomic E-state index is 13.4. The Hall–Kier alpha value is -4.39. The zero-order valence-corrected chi connectivity index (χ0v) is 20.7. The molecule has 1 aromatic heterocycles. The van der Waals surface area contributed by atoms with Crippen molar-refractivity contribution in [3.63, 3.8) is 0 Å². The van der Waals surface area contributed by atoms with E-state index in [0.29, 0.717) is 23.2 Å². The number of anilines is 1. The molecule has 0 saturated carbocycles. The third kappa shape index (κ3) is 3.73. The number of fused-ring (bicyclic) bond motifs is 5. The minimum Gasteiger partial charge on any atom is -0.370 e. The van der Waals surface area contributed by atoms with E-state index < -0.39 is 5.97 Å². The lowest BCUT2D eigenvalue weighted by Crippen LogP contribution is -2.23. The van der Waals surface area contributed by atoms with Gasteiger partial charge in [-0.05, 0) is 55.8 Å². The first-order chi connectivity index (χ1) is 17.3. The van der Waals surface area contributed by atoms with Crippen LogP contribution in [0.25, 0.3) is 21.8 Å². The number of carbonyl (C=O) groups excluding carboxylic acids is 3. The second-order valence-corrected chi connectivity index (χ2v) is 9.00. The predicted octanol–water partition coefficient (Wildman–Crippen LogP) is 4.94. The maximum Gasteiger partial charge on any atom is 0.329 e. The Morgan fingerprint density at radius 3 is 2.53 bits per heavy atom. The van der Waals surface area contributed by atoms with Crippen LogP contribution in [0.15, 0.2) is 66.4 Å². The first-order valence-electron chi connectivity index (χ1n) is 11.9. The smallest absolute Gasteiger partial charge is 0.329 e. The number of Topliss-reactive ketones (excluding diaryl/α,β-unsaturated/α-hetero) is 1. The summed E-state index contributed by atoms with van der Waals surface area (Å²) in [6.07, 6.45) is 1.71. The standard InChI is InChI=1S/C29H27N3O4/c1-5-32-24-12-10-19(28(34)20-9-7-6-8-17(20)2)16-22(24)26-25(32)13-11-21-27(26)31(4)15-14-23(29(21)35)30-36-18(3)33/h6-14,16,30H,5,15H2,1-4H3. The first kappa shape index (κ1) is 23.4. The van der Waals surface area contributed by atoms with Crippen LogP contribution in [0.5, 0.6) is 0 Å². The van der Waals surface area contributed by atoms with Gasteiger partial charge in [-0.2, -0.15) is 0 Å². The quantitative estimate of drug-likeness (QED) is 0.321. The van der Waals surface area contributed by atoms with Crippen molar-refractivity contribution in [1.29, 1.82) is 0 Å². The van der Waals surface area contributed by atoms with Gasteiger partial charge in [0, 0.05) is 60.0 Å². The van der Waals surface area contributed by atoms with E-state index >= 15 is 0 Å². The van der Waals surface area contributed by atoms with Crippen LogP contribution in [0.2, 0.25) is 0 Å². The number of carbonyl (C=O) groups is 3. The molecule has 36 heavy (non-hydrogen) atoms. The monoisotopic (exact) mass is 481 g/mol. The van der Waals surface area contributed by atoms with Crippen molar-refractivity contribution in [1.82, 2.24) is 10.0 Å². The van der Waals surface area contributed by atoms with Crippen molar-refractivity contribution < 1.29 is 19.2 Å². The summed E-state index contributed by atoms with van der Waals surface area (Å²) in [5, 5.41) is 1.83. The molecule has 182 valence electrons. The van der Waals surface area contributed by atoms with E-state index in [0.717, 1.165) is 39.6 Å². The molecule has 0 unspecified atom stereocenters. The van der Waals surface area contributed by atoms with Gasteiger partial charge in [0.15, 0.2) is 5.78 Å². The third-order valence-corrected chi connectivity index (χ3v) is 6.72. The third-order valence-electron chi connectivity index (χ3n) is 6.72. The molecule has 1 aliphatic rings. The van der Waals surface area contributed by atoms with Crippen molar-refractivity contribution in [2.45, 2.75) is 27.3 Å². The Labute approximate surface area is 208 Å². The summed E-state index contributed by atoms with van der Waals surface area (Å²) >= 11 is 0. The number of hydrogen-bond acceptors (Lipinski definition) is 6. The number of rotatable bonds is 5. The van der Waals surface area contributed by atoms with Crippen molar-refractivity contribution in [2.24, 2.45) is 0 Å². The van der Waals surface area contributed by atoms with Gasteiger partial charge in [-0.3, -0.25) is 14.4 Å². The molecular weight excluding hydrogens is 454 g/mol. The number of nitrogens with one attached hydrogen (secondary N) is 1. The Balaban J connectivity index is 1.73. The molecule has 0 bridgehead atoms. The van der Waals surface area contributed by atoms with Crippen LogP contribution in [-0.2, 0) is 16.2 Å². The lowest BCUT2D eigenvalue weighted by atomic mass is 9.96. The molecule has 3 aromatic carbocycles. The normalized spacial score (nSPS) is 13.4. The number of likely N-dealkylation sites (N-methyl/N-ethyl adjacent to an activating group) is 1. The molecule has 0 aliphatic carbocycles. The molecule has 5 rings (SSSR count). The number of hydrogen-bond donors (Lipinski definition) is 1. The summed E-state index contributed by atoms with van der Waals surface area (Å²) in [5.74, 6) is -0.829. The van der Waals surface area contributed by atoms with E-state index in [1.165, 1.54) is 6.92 Å². The lowest BCUT2D eigenvalue weighted by molar-refractivity contribution is -0.146. The van der Waals surface area contributed by atoms with Crippen molar-refractivity contribution in [3.8, 4) is 0 Å². The Morgan fingerprint density at radius 1 is 1.06 bits per heavy atom. The molecule has 7 heteroatoms. The number of aryl methyl sites for hydroxylation is 2. The average molecular weight is 482 g/mol. The van der Waals surface area contributed by atoms with Gasteiger partial charge in [0.1, 0.15) is 5.70 Å². The lowest BCUT2D eigenvalue weighted by Gasteiger charge is -2.20. The molecule has 0 amide bonds. The van der Waals surface area contributed by atoms with E-state index in [4.69, 9.17) is 4.84 Å². The van der Waals surface area contributed by atoms with Crippen molar-refractivity contribution in [3.05, 3.63) is 88.6 Å². The number of aromatic nitrogens is 1. The molecule has 0 fully saturated rings. The summed E-state index contributed by atoms with van der Waals surface area (Å²) in [4.78, 5) is 45.1. The van der Waals surface area contributed by atoms with Gasteiger partial charge in [0.2, 0.25) is 5.78 Å². The SMILES string of the molecule is CCn1c2ccc(C(=O)c3ccccc3C)cc2c2c3c(ccc21)C(=O)C(NOC(C)=O)=CCN3C. The van der Waals surface area contributed by atoms with E-state index in [2.05, 4.69) is 17.0 Å². The Kier molecular flexibility index (Phi) is 5.84. The summed E-state index contributed by atoms with van der Waals surface area (Å²) in [6.45, 7) is 6.45. The van der Waals surface area contributed by atoms with Crippen LogP contribution >= 0.6 is 0 Å². The van der Waals surface area contributed by atoms with Crippen LogP contribution in [0, 0.1) is 6.92 Å². The molecule has 0 spiro atoms. The topological polar surface area (TPSA) is 80.6 Å².